The van der Waals surface area contributed by atoms with Crippen LogP contribution in [0.25, 0.3) is 16.8 Å². The highest BCUT2D eigenvalue weighted by molar-refractivity contribution is 6.33. The molecule has 15 heteroatoms. The fourth-order valence-corrected chi connectivity index (χ4v) is 5.46. The molecule has 6 rings (SSSR count). The molecule has 0 saturated carbocycles. The number of hydrogen-bond acceptors (Lipinski definition) is 9. The van der Waals surface area contributed by atoms with Crippen LogP contribution in [-0.4, -0.2) is 81.2 Å². The first-order chi connectivity index (χ1) is 21.6. The summed E-state index contributed by atoms with van der Waals surface area (Å²) in [5.74, 6) is -0.0399. The molecule has 3 aromatic heterocycles. The maximum atomic E-state index is 13.7. The quantitative estimate of drug-likeness (QED) is 0.293. The summed E-state index contributed by atoms with van der Waals surface area (Å²) in [6.45, 7) is 2.68. The fourth-order valence-electron chi connectivity index (χ4n) is 5.26. The van der Waals surface area contributed by atoms with Crippen LogP contribution in [0.1, 0.15) is 35.7 Å². The topological polar surface area (TPSA) is 138 Å². The second-order valence-corrected chi connectivity index (χ2v) is 11.5. The molecule has 45 heavy (non-hydrogen) atoms. The maximum Gasteiger partial charge on any atom is 0.412 e. The Bertz CT molecular complexity index is 1800. The lowest BCUT2D eigenvalue weighted by Gasteiger charge is -2.40. The minimum Gasteiger partial charge on any atom is -0.456 e. The summed E-state index contributed by atoms with van der Waals surface area (Å²) < 4.78 is 38.9. The number of fused-ring (bicyclic) bond motifs is 1. The molecule has 2 amide bonds. The highest BCUT2D eigenvalue weighted by atomic mass is 35.5. The molecule has 1 aromatic carbocycles. The van der Waals surface area contributed by atoms with Gasteiger partial charge in [-0.2, -0.15) is 10.4 Å². The van der Waals surface area contributed by atoms with Gasteiger partial charge in [0.1, 0.15) is 29.6 Å². The van der Waals surface area contributed by atoms with E-state index in [0.717, 1.165) is 6.07 Å². The van der Waals surface area contributed by atoms with E-state index in [9.17, 15) is 23.6 Å². The summed E-state index contributed by atoms with van der Waals surface area (Å²) >= 11 is 6.11. The van der Waals surface area contributed by atoms with Crippen LogP contribution in [0.3, 0.4) is 0 Å². The van der Waals surface area contributed by atoms with Crippen molar-refractivity contribution in [2.45, 2.75) is 31.5 Å². The molecule has 12 nitrogen and oxygen atoms in total. The van der Waals surface area contributed by atoms with Crippen molar-refractivity contribution in [3.05, 3.63) is 71.0 Å². The van der Waals surface area contributed by atoms with E-state index in [1.807, 2.05) is 11.8 Å². The average Bonchev–Trinajstić information content (AvgIpc) is 3.43. The smallest absolute Gasteiger partial charge is 0.412 e. The van der Waals surface area contributed by atoms with Gasteiger partial charge in [-0.3, -0.25) is 9.78 Å². The number of pyridine rings is 1. The van der Waals surface area contributed by atoms with Crippen LogP contribution in [-0.2, 0) is 4.74 Å². The number of halogens is 3. The van der Waals surface area contributed by atoms with Crippen molar-refractivity contribution in [1.29, 1.82) is 5.26 Å². The van der Waals surface area contributed by atoms with Gasteiger partial charge in [-0.1, -0.05) is 11.6 Å². The number of ether oxygens (including phenoxy) is 2. The predicted octanol–water partition coefficient (Wildman–Crippen LogP) is 4.37. The minimum absolute atomic E-state index is 0.00692. The number of amides is 2. The molecule has 2 aliphatic rings. The standard InChI is InChI=1S/C30H27ClF2N8O4/c1-30(38-28(42)22-8-19(32)2-3-24(22)31)4-6-39(7-5-30)26-13-35-25(12-36-26)23-9-21(16-41-27(23)18(10-34)11-37-41)44-17-45-29(43)40-14-20(33)15-40/h2-3,8-9,11-13,16,20H,4-7,14-15,17H2,1H3,(H,38,42). The number of rotatable bonds is 7. The van der Waals surface area contributed by atoms with E-state index >= 15 is 0 Å². The molecule has 5 heterocycles. The fraction of sp³-hybridized carbons (Fsp3) is 0.333. The van der Waals surface area contributed by atoms with Gasteiger partial charge in [0.05, 0.1) is 65.2 Å². The maximum absolute atomic E-state index is 13.7. The number of benzene rings is 1. The summed E-state index contributed by atoms with van der Waals surface area (Å²) in [6.07, 6.45) is 5.68. The monoisotopic (exact) mass is 636 g/mol. The molecule has 1 N–H and O–H groups in total. The van der Waals surface area contributed by atoms with Crippen molar-refractivity contribution in [1.82, 2.24) is 29.8 Å². The number of carbonyl (C=O) groups is 2. The summed E-state index contributed by atoms with van der Waals surface area (Å²) in [6, 6.07) is 7.46. The number of carbonyl (C=O) groups excluding carboxylic acids is 2. The number of likely N-dealkylation sites (tertiary alicyclic amines) is 1. The third-order valence-corrected chi connectivity index (χ3v) is 8.23. The number of hydrogen-bond donors (Lipinski definition) is 1. The lowest BCUT2D eigenvalue weighted by Crippen LogP contribution is -2.53. The van der Waals surface area contributed by atoms with Crippen LogP contribution in [0, 0.1) is 17.1 Å². The first-order valence-corrected chi connectivity index (χ1v) is 14.5. The van der Waals surface area contributed by atoms with Crippen molar-refractivity contribution in [2.75, 3.05) is 37.9 Å². The van der Waals surface area contributed by atoms with Crippen LogP contribution in [0.5, 0.6) is 5.75 Å². The first-order valence-electron chi connectivity index (χ1n) is 14.1. The minimum atomic E-state index is -1.04. The van der Waals surface area contributed by atoms with E-state index in [1.54, 1.807) is 24.7 Å². The molecule has 0 unspecified atom stereocenters. The van der Waals surface area contributed by atoms with Crippen molar-refractivity contribution in [3.63, 3.8) is 0 Å². The molecule has 2 saturated heterocycles. The third-order valence-electron chi connectivity index (χ3n) is 7.90. The lowest BCUT2D eigenvalue weighted by atomic mass is 9.89. The second kappa shape index (κ2) is 12.2. The third kappa shape index (κ3) is 6.30. The normalized spacial score (nSPS) is 16.2. The van der Waals surface area contributed by atoms with Gasteiger partial charge in [0.2, 0.25) is 6.79 Å². The molecule has 2 aliphatic heterocycles. The van der Waals surface area contributed by atoms with Crippen molar-refractivity contribution < 1.29 is 27.8 Å². The SMILES string of the molecule is CC1(NC(=O)c2cc(F)ccc2Cl)CCN(c2cnc(-c3cc(OCOC(=O)N4CC(F)C4)cn4ncc(C#N)c34)cn2)CC1. The van der Waals surface area contributed by atoms with E-state index in [2.05, 4.69) is 26.5 Å². The number of alkyl halides is 1. The molecule has 232 valence electrons. The Labute approximate surface area is 261 Å². The molecular formula is C30H27ClF2N8O4. The largest absolute Gasteiger partial charge is 0.456 e. The number of nitrogens with one attached hydrogen (secondary N) is 1. The Morgan fingerprint density at radius 3 is 2.64 bits per heavy atom. The van der Waals surface area contributed by atoms with E-state index < -0.39 is 36.3 Å². The van der Waals surface area contributed by atoms with E-state index in [4.69, 9.17) is 21.1 Å². The second-order valence-electron chi connectivity index (χ2n) is 11.1. The molecule has 4 aromatic rings. The first kappa shape index (κ1) is 30.0. The molecule has 2 fully saturated rings. The van der Waals surface area contributed by atoms with Gasteiger partial charge in [-0.15, -0.1) is 0 Å². The number of piperidine rings is 1. The van der Waals surface area contributed by atoms with Crippen molar-refractivity contribution >= 4 is 34.9 Å². The number of anilines is 1. The number of aromatic nitrogens is 4. The molecule has 0 atom stereocenters. The van der Waals surface area contributed by atoms with E-state index in [1.165, 1.54) is 27.7 Å². The number of nitriles is 1. The zero-order valence-electron chi connectivity index (χ0n) is 24.0. The van der Waals surface area contributed by atoms with Gasteiger partial charge in [-0.25, -0.2) is 23.1 Å². The van der Waals surface area contributed by atoms with Gasteiger partial charge in [0.15, 0.2) is 0 Å². The van der Waals surface area contributed by atoms with Crippen LogP contribution in [0.15, 0.2) is 49.1 Å². The Kier molecular flexibility index (Phi) is 8.11. The summed E-state index contributed by atoms with van der Waals surface area (Å²) in [5.41, 5.74) is 1.37. The molecule has 0 bridgehead atoms. The van der Waals surface area contributed by atoms with Gasteiger partial charge >= 0.3 is 6.09 Å². The highest BCUT2D eigenvalue weighted by Crippen LogP contribution is 2.31. The van der Waals surface area contributed by atoms with Crippen LogP contribution < -0.4 is 15.0 Å². The van der Waals surface area contributed by atoms with Gasteiger partial charge in [0.25, 0.3) is 5.91 Å². The Balaban J connectivity index is 1.13. The molecule has 0 aliphatic carbocycles. The Morgan fingerprint density at radius 1 is 1.18 bits per heavy atom. The predicted molar refractivity (Wildman–Crippen MR) is 158 cm³/mol. The van der Waals surface area contributed by atoms with Crippen LogP contribution >= 0.6 is 11.6 Å². The molecular weight excluding hydrogens is 610 g/mol. The Hall–Kier alpha value is -5.03. The summed E-state index contributed by atoms with van der Waals surface area (Å²) in [5, 5.41) is 17.1. The van der Waals surface area contributed by atoms with Crippen molar-refractivity contribution in [2.24, 2.45) is 0 Å². The average molecular weight is 637 g/mol. The highest BCUT2D eigenvalue weighted by Gasteiger charge is 2.33. The number of nitrogens with zero attached hydrogens (tertiary/aromatic N) is 7. The lowest BCUT2D eigenvalue weighted by molar-refractivity contribution is 0.00213. The zero-order valence-corrected chi connectivity index (χ0v) is 24.8. The van der Waals surface area contributed by atoms with E-state index in [-0.39, 0.29) is 23.7 Å². The summed E-state index contributed by atoms with van der Waals surface area (Å²) in [7, 11) is 0. The molecule has 0 spiro atoms. The molecule has 0 radical (unpaired) electrons. The Morgan fingerprint density at radius 2 is 1.96 bits per heavy atom. The van der Waals surface area contributed by atoms with Gasteiger partial charge < -0.3 is 24.6 Å². The van der Waals surface area contributed by atoms with Crippen molar-refractivity contribution in [3.8, 4) is 23.1 Å². The van der Waals surface area contributed by atoms with Crippen LogP contribution in [0.2, 0.25) is 5.02 Å². The zero-order chi connectivity index (χ0) is 31.7. The summed E-state index contributed by atoms with van der Waals surface area (Å²) in [4.78, 5) is 37.3. The van der Waals surface area contributed by atoms with Gasteiger partial charge in [-0.05, 0) is 44.0 Å². The van der Waals surface area contributed by atoms with Gasteiger partial charge in [0, 0.05) is 24.2 Å². The van der Waals surface area contributed by atoms with Crippen LogP contribution in [0.4, 0.5) is 19.4 Å². The van der Waals surface area contributed by atoms with E-state index in [0.29, 0.717) is 59.8 Å².